The van der Waals surface area contributed by atoms with Gasteiger partial charge in [-0.05, 0) is 48.5 Å². The molecule has 0 spiro atoms. The van der Waals surface area contributed by atoms with Gasteiger partial charge in [0.05, 0.1) is 14.2 Å². The molecule has 122 valence electrons. The van der Waals surface area contributed by atoms with Crippen LogP contribution in [0.4, 0.5) is 5.69 Å². The molecule has 0 aromatic heterocycles. The number of nitrogens with one attached hydrogen (secondary N) is 1. The molecule has 0 radical (unpaired) electrons. The van der Waals surface area contributed by atoms with E-state index < -0.39 is 5.91 Å². The largest absolute Gasteiger partial charge is 0.497 e. The lowest BCUT2D eigenvalue weighted by molar-refractivity contribution is -0.112. The van der Waals surface area contributed by atoms with Crippen LogP contribution in [0.15, 0.2) is 48.0 Å². The fraction of sp³-hybridized carbons (Fsp3) is 0.111. The summed E-state index contributed by atoms with van der Waals surface area (Å²) in [4.78, 5) is 12.3. The molecule has 2 aromatic rings. The van der Waals surface area contributed by atoms with Gasteiger partial charge in [-0.15, -0.1) is 0 Å². The van der Waals surface area contributed by atoms with E-state index in [4.69, 9.17) is 21.1 Å². The number of benzene rings is 2. The molecule has 1 N–H and O–H groups in total. The van der Waals surface area contributed by atoms with Gasteiger partial charge < -0.3 is 14.8 Å². The fourth-order valence-electron chi connectivity index (χ4n) is 1.99. The van der Waals surface area contributed by atoms with E-state index in [1.807, 2.05) is 6.07 Å². The van der Waals surface area contributed by atoms with Gasteiger partial charge in [0.15, 0.2) is 0 Å². The number of nitriles is 1. The molecule has 0 aliphatic rings. The smallest absolute Gasteiger partial charge is 0.266 e. The maximum absolute atomic E-state index is 12.3. The number of methoxy groups -OCH3 is 2. The summed E-state index contributed by atoms with van der Waals surface area (Å²) in [5.41, 5.74) is 1.05. The Morgan fingerprint density at radius 1 is 1.17 bits per heavy atom. The van der Waals surface area contributed by atoms with Crippen LogP contribution in [0.2, 0.25) is 5.02 Å². The summed E-state index contributed by atoms with van der Waals surface area (Å²) in [5, 5.41) is 12.5. The summed E-state index contributed by atoms with van der Waals surface area (Å²) in [5.74, 6) is 0.602. The van der Waals surface area contributed by atoms with Gasteiger partial charge >= 0.3 is 0 Å². The number of carbonyl (C=O) groups is 1. The quantitative estimate of drug-likeness (QED) is 0.660. The Balaban J connectivity index is 2.30. The summed E-state index contributed by atoms with van der Waals surface area (Å²) in [7, 11) is 3.05. The van der Waals surface area contributed by atoms with Crippen LogP contribution in [-0.2, 0) is 4.79 Å². The van der Waals surface area contributed by atoms with Crippen LogP contribution in [0.5, 0.6) is 11.5 Å². The van der Waals surface area contributed by atoms with Crippen LogP contribution >= 0.6 is 11.6 Å². The van der Waals surface area contributed by atoms with Crippen molar-refractivity contribution in [2.45, 2.75) is 0 Å². The molecule has 0 atom stereocenters. The van der Waals surface area contributed by atoms with E-state index in [9.17, 15) is 10.1 Å². The molecule has 0 saturated heterocycles. The topological polar surface area (TPSA) is 71.3 Å². The number of hydrogen-bond acceptors (Lipinski definition) is 4. The second-order valence-corrected chi connectivity index (χ2v) is 5.18. The predicted molar refractivity (Wildman–Crippen MR) is 93.2 cm³/mol. The number of nitrogens with zero attached hydrogens (tertiary/aromatic N) is 1. The highest BCUT2D eigenvalue weighted by Gasteiger charge is 2.12. The molecule has 0 bridgehead atoms. The maximum atomic E-state index is 12.3. The normalized spacial score (nSPS) is 10.7. The van der Waals surface area contributed by atoms with E-state index >= 15 is 0 Å². The van der Waals surface area contributed by atoms with E-state index in [2.05, 4.69) is 5.32 Å². The molecule has 6 heteroatoms. The Bertz CT molecular complexity index is 808. The Morgan fingerprint density at radius 3 is 2.46 bits per heavy atom. The molecule has 1 amide bonds. The van der Waals surface area contributed by atoms with Crippen molar-refractivity contribution in [2.24, 2.45) is 0 Å². The summed E-state index contributed by atoms with van der Waals surface area (Å²) in [6.07, 6.45) is 1.45. The molecule has 0 aliphatic heterocycles. The average Bonchev–Trinajstić information content (AvgIpc) is 2.61. The van der Waals surface area contributed by atoms with Crippen molar-refractivity contribution in [1.82, 2.24) is 0 Å². The number of anilines is 1. The number of rotatable bonds is 5. The molecule has 0 aliphatic carbocycles. The Labute approximate surface area is 145 Å². The SMILES string of the molecule is COc1ccc(OC)c(C=C(C#N)C(=O)Nc2ccc(Cl)cc2)c1. The van der Waals surface area contributed by atoms with Gasteiger partial charge in [-0.1, -0.05) is 11.6 Å². The van der Waals surface area contributed by atoms with E-state index in [1.165, 1.54) is 20.3 Å². The first-order valence-electron chi connectivity index (χ1n) is 6.98. The number of ether oxygens (including phenoxy) is 2. The van der Waals surface area contributed by atoms with Gasteiger partial charge in [-0.2, -0.15) is 5.26 Å². The zero-order valence-electron chi connectivity index (χ0n) is 13.2. The highest BCUT2D eigenvalue weighted by molar-refractivity contribution is 6.30. The first-order valence-corrected chi connectivity index (χ1v) is 7.36. The number of carbonyl (C=O) groups excluding carboxylic acids is 1. The van der Waals surface area contributed by atoms with Gasteiger partial charge in [0.25, 0.3) is 5.91 Å². The summed E-state index contributed by atoms with van der Waals surface area (Å²) < 4.78 is 10.4. The second-order valence-electron chi connectivity index (χ2n) is 4.74. The minimum atomic E-state index is -0.523. The molecule has 0 saturated carbocycles. The van der Waals surface area contributed by atoms with Gasteiger partial charge in [0.1, 0.15) is 23.1 Å². The highest BCUT2D eigenvalue weighted by Crippen LogP contribution is 2.26. The zero-order chi connectivity index (χ0) is 17.5. The van der Waals surface area contributed by atoms with Crippen molar-refractivity contribution < 1.29 is 14.3 Å². The minimum Gasteiger partial charge on any atom is -0.497 e. The van der Waals surface area contributed by atoms with Gasteiger partial charge in [0, 0.05) is 16.3 Å². The van der Waals surface area contributed by atoms with Gasteiger partial charge in [0.2, 0.25) is 0 Å². The van der Waals surface area contributed by atoms with Gasteiger partial charge in [-0.25, -0.2) is 0 Å². The van der Waals surface area contributed by atoms with Crippen LogP contribution in [0.1, 0.15) is 5.56 Å². The van der Waals surface area contributed by atoms with Crippen molar-refractivity contribution in [2.75, 3.05) is 19.5 Å². The van der Waals surface area contributed by atoms with Crippen molar-refractivity contribution in [1.29, 1.82) is 5.26 Å². The number of hydrogen-bond donors (Lipinski definition) is 1. The van der Waals surface area contributed by atoms with Crippen LogP contribution in [0, 0.1) is 11.3 Å². The summed E-state index contributed by atoms with van der Waals surface area (Å²) >= 11 is 5.81. The van der Waals surface area contributed by atoms with Crippen molar-refractivity contribution in [3.8, 4) is 17.6 Å². The highest BCUT2D eigenvalue weighted by atomic mass is 35.5. The van der Waals surface area contributed by atoms with Gasteiger partial charge in [-0.3, -0.25) is 4.79 Å². The van der Waals surface area contributed by atoms with Crippen LogP contribution in [0.25, 0.3) is 6.08 Å². The predicted octanol–water partition coefficient (Wildman–Crippen LogP) is 3.90. The molecule has 2 aromatic carbocycles. The van der Waals surface area contributed by atoms with E-state index in [0.717, 1.165) is 0 Å². The Morgan fingerprint density at radius 2 is 1.88 bits per heavy atom. The first-order chi connectivity index (χ1) is 11.6. The third-order valence-corrected chi connectivity index (χ3v) is 3.46. The molecular formula is C18H15ClN2O3. The first kappa shape index (κ1) is 17.4. The van der Waals surface area contributed by atoms with E-state index in [0.29, 0.717) is 27.8 Å². The molecular weight excluding hydrogens is 328 g/mol. The van der Waals surface area contributed by atoms with Crippen molar-refractivity contribution in [3.63, 3.8) is 0 Å². The summed E-state index contributed by atoms with van der Waals surface area (Å²) in [6.45, 7) is 0. The molecule has 0 fully saturated rings. The number of amides is 1. The summed E-state index contributed by atoms with van der Waals surface area (Å²) in [6, 6.07) is 13.6. The molecule has 5 nitrogen and oxygen atoms in total. The zero-order valence-corrected chi connectivity index (χ0v) is 13.9. The fourth-order valence-corrected chi connectivity index (χ4v) is 2.11. The third-order valence-electron chi connectivity index (χ3n) is 3.20. The lowest BCUT2D eigenvalue weighted by Gasteiger charge is -2.08. The monoisotopic (exact) mass is 342 g/mol. The van der Waals surface area contributed by atoms with Crippen LogP contribution in [-0.4, -0.2) is 20.1 Å². The second kappa shape index (κ2) is 8.04. The lowest BCUT2D eigenvalue weighted by atomic mass is 10.1. The molecule has 0 unspecified atom stereocenters. The third kappa shape index (κ3) is 4.28. The Kier molecular flexibility index (Phi) is 5.83. The maximum Gasteiger partial charge on any atom is 0.266 e. The van der Waals surface area contributed by atoms with Crippen LogP contribution < -0.4 is 14.8 Å². The lowest BCUT2D eigenvalue weighted by Crippen LogP contribution is -2.13. The van der Waals surface area contributed by atoms with Crippen molar-refractivity contribution in [3.05, 3.63) is 58.6 Å². The Hall–Kier alpha value is -2.97. The van der Waals surface area contributed by atoms with Crippen molar-refractivity contribution >= 4 is 29.3 Å². The van der Waals surface area contributed by atoms with Crippen LogP contribution in [0.3, 0.4) is 0 Å². The average molecular weight is 343 g/mol. The molecule has 0 heterocycles. The number of halogens is 1. The standard InChI is InChI=1S/C18H15ClN2O3/c1-23-16-7-8-17(24-2)12(10-16)9-13(11-20)18(22)21-15-5-3-14(19)4-6-15/h3-10H,1-2H3,(H,21,22). The van der Waals surface area contributed by atoms with E-state index in [-0.39, 0.29) is 5.57 Å². The molecule has 24 heavy (non-hydrogen) atoms. The minimum absolute atomic E-state index is 0.0588. The molecule has 2 rings (SSSR count). The van der Waals surface area contributed by atoms with E-state index in [1.54, 1.807) is 42.5 Å².